The number of hydrogen-bond acceptors (Lipinski definition) is 6. The van der Waals surface area contributed by atoms with Gasteiger partial charge in [0, 0.05) is 19.3 Å². The molecule has 0 saturated carbocycles. The van der Waals surface area contributed by atoms with Crippen LogP contribution in [0.1, 0.15) is 239 Å². The van der Waals surface area contributed by atoms with Crippen molar-refractivity contribution in [1.29, 1.82) is 0 Å². The van der Waals surface area contributed by atoms with E-state index in [1.165, 1.54) is 103 Å². The number of hydrogen-bond donors (Lipinski definition) is 0. The van der Waals surface area contributed by atoms with Crippen LogP contribution in [0.15, 0.2) is 72.9 Å². The van der Waals surface area contributed by atoms with Crippen LogP contribution >= 0.6 is 0 Å². The zero-order chi connectivity index (χ0) is 44.4. The summed E-state index contributed by atoms with van der Waals surface area (Å²) in [5, 5.41) is 0. The van der Waals surface area contributed by atoms with Crippen LogP contribution in [0, 0.1) is 0 Å². The van der Waals surface area contributed by atoms with Crippen LogP contribution < -0.4 is 0 Å². The highest BCUT2D eigenvalue weighted by Crippen LogP contribution is 2.14. The van der Waals surface area contributed by atoms with Gasteiger partial charge in [-0.1, -0.05) is 222 Å². The van der Waals surface area contributed by atoms with Crippen LogP contribution in [0.4, 0.5) is 0 Å². The van der Waals surface area contributed by atoms with Gasteiger partial charge in [-0.15, -0.1) is 0 Å². The molecule has 0 aromatic carbocycles. The normalized spacial score (nSPS) is 12.6. The standard InChI is InChI=1S/C55H94O6/c1-4-7-10-13-16-19-22-24-26-27-28-30-31-33-36-39-42-45-48-54(57)60-51-52(50-59-53(56)47-44-41-38-35-21-18-15-12-9-6-3)61-55(58)49-46-43-40-37-34-32-29-25-23-20-17-14-11-8-5-2/h16-17,19-20,22-28,30,52H,4-15,18,21,29,31-51H2,1-3H3/b19-16-,20-17-,24-22-,25-23-,27-26-,30-28-. The minimum absolute atomic E-state index is 0.0871. The maximum Gasteiger partial charge on any atom is 0.306 e. The largest absolute Gasteiger partial charge is 0.462 e. The highest BCUT2D eigenvalue weighted by Gasteiger charge is 2.19. The molecule has 0 amide bonds. The Hall–Kier alpha value is -3.15. The van der Waals surface area contributed by atoms with Crippen LogP contribution in [0.5, 0.6) is 0 Å². The van der Waals surface area contributed by atoms with Crippen LogP contribution in [0.2, 0.25) is 0 Å². The predicted molar refractivity (Wildman–Crippen MR) is 261 cm³/mol. The zero-order valence-electron chi connectivity index (χ0n) is 39.9. The molecule has 0 aliphatic carbocycles. The molecule has 0 radical (unpaired) electrons. The molecule has 0 bridgehead atoms. The Balaban J connectivity index is 4.43. The Morgan fingerprint density at radius 1 is 0.328 bits per heavy atom. The van der Waals surface area contributed by atoms with Gasteiger partial charge in [-0.2, -0.15) is 0 Å². The summed E-state index contributed by atoms with van der Waals surface area (Å²) < 4.78 is 16.7. The van der Waals surface area contributed by atoms with E-state index in [1.807, 2.05) is 0 Å². The van der Waals surface area contributed by atoms with Gasteiger partial charge in [0.2, 0.25) is 0 Å². The first-order valence-electron chi connectivity index (χ1n) is 25.5. The molecule has 0 fully saturated rings. The summed E-state index contributed by atoms with van der Waals surface area (Å²) in [5.74, 6) is -0.923. The number of unbranched alkanes of at least 4 members (excludes halogenated alkanes) is 26. The Morgan fingerprint density at radius 3 is 0.967 bits per heavy atom. The van der Waals surface area contributed by atoms with Crippen LogP contribution in [-0.2, 0) is 28.6 Å². The van der Waals surface area contributed by atoms with Crippen molar-refractivity contribution in [2.45, 2.75) is 245 Å². The summed E-state index contributed by atoms with van der Waals surface area (Å²) >= 11 is 0. The topological polar surface area (TPSA) is 78.9 Å². The van der Waals surface area contributed by atoms with E-state index in [1.54, 1.807) is 0 Å². The number of carbonyl (C=O) groups is 3. The lowest BCUT2D eigenvalue weighted by molar-refractivity contribution is -0.167. The van der Waals surface area contributed by atoms with Crippen molar-refractivity contribution in [3.8, 4) is 0 Å². The van der Waals surface area contributed by atoms with Crippen LogP contribution in [0.25, 0.3) is 0 Å². The van der Waals surface area contributed by atoms with Crippen molar-refractivity contribution < 1.29 is 28.6 Å². The van der Waals surface area contributed by atoms with Crippen molar-refractivity contribution in [2.75, 3.05) is 13.2 Å². The van der Waals surface area contributed by atoms with Gasteiger partial charge in [0.15, 0.2) is 6.10 Å². The molecule has 0 aliphatic rings. The molecule has 0 N–H and O–H groups in total. The number of allylic oxidation sites excluding steroid dienone is 12. The van der Waals surface area contributed by atoms with Crippen molar-refractivity contribution >= 4 is 17.9 Å². The molecule has 61 heavy (non-hydrogen) atoms. The van der Waals surface area contributed by atoms with Crippen molar-refractivity contribution in [1.82, 2.24) is 0 Å². The average molecular weight is 851 g/mol. The second-order valence-corrected chi connectivity index (χ2v) is 16.9. The third kappa shape index (κ3) is 47.7. The first-order chi connectivity index (χ1) is 30.0. The van der Waals surface area contributed by atoms with Gasteiger partial charge in [-0.25, -0.2) is 0 Å². The van der Waals surface area contributed by atoms with Gasteiger partial charge in [0.1, 0.15) is 13.2 Å². The molecule has 6 heteroatoms. The quantitative estimate of drug-likeness (QED) is 0.0263. The van der Waals surface area contributed by atoms with Crippen molar-refractivity contribution in [2.24, 2.45) is 0 Å². The van der Waals surface area contributed by atoms with E-state index in [2.05, 4.69) is 93.7 Å². The lowest BCUT2D eigenvalue weighted by atomic mass is 10.1. The van der Waals surface area contributed by atoms with Gasteiger partial charge in [0.25, 0.3) is 0 Å². The third-order valence-electron chi connectivity index (χ3n) is 10.8. The monoisotopic (exact) mass is 851 g/mol. The zero-order valence-corrected chi connectivity index (χ0v) is 39.9. The molecular formula is C55H94O6. The molecule has 350 valence electrons. The Kier molecular flexibility index (Phi) is 46.9. The fraction of sp³-hybridized carbons (Fsp3) is 0.727. The molecule has 0 aromatic rings. The fourth-order valence-corrected chi connectivity index (χ4v) is 6.91. The van der Waals surface area contributed by atoms with E-state index in [0.29, 0.717) is 19.3 Å². The van der Waals surface area contributed by atoms with Crippen LogP contribution in [0.3, 0.4) is 0 Å². The maximum absolute atomic E-state index is 12.8. The van der Waals surface area contributed by atoms with Crippen molar-refractivity contribution in [3.05, 3.63) is 72.9 Å². The lowest BCUT2D eigenvalue weighted by Crippen LogP contribution is -2.30. The summed E-state index contributed by atoms with van der Waals surface area (Å²) in [6, 6.07) is 0. The lowest BCUT2D eigenvalue weighted by Gasteiger charge is -2.18. The van der Waals surface area contributed by atoms with Gasteiger partial charge >= 0.3 is 17.9 Å². The van der Waals surface area contributed by atoms with E-state index in [-0.39, 0.29) is 31.1 Å². The number of rotatable bonds is 45. The molecule has 1 unspecified atom stereocenters. The Morgan fingerprint density at radius 2 is 0.590 bits per heavy atom. The van der Waals surface area contributed by atoms with Crippen LogP contribution in [-0.4, -0.2) is 37.2 Å². The molecule has 6 nitrogen and oxygen atoms in total. The average Bonchev–Trinajstić information content (AvgIpc) is 3.26. The van der Waals surface area contributed by atoms with Gasteiger partial charge in [0.05, 0.1) is 0 Å². The molecular weight excluding hydrogens is 757 g/mol. The molecule has 0 saturated heterocycles. The SMILES string of the molecule is CCCCC\C=C/C=C\C=C/C=C\CCCCCCCC(=O)OCC(COC(=O)CCCCCCCCCCCC)OC(=O)CCCCCCCC/C=C\C=C/CCCCC. The Labute approximate surface area is 376 Å². The second-order valence-electron chi connectivity index (χ2n) is 16.9. The predicted octanol–water partition coefficient (Wildman–Crippen LogP) is 16.6. The number of carbonyl (C=O) groups excluding carboxylic acids is 3. The molecule has 0 spiro atoms. The van der Waals surface area contributed by atoms with Gasteiger partial charge < -0.3 is 14.2 Å². The summed E-state index contributed by atoms with van der Waals surface area (Å²) in [7, 11) is 0. The summed E-state index contributed by atoms with van der Waals surface area (Å²) in [5.41, 5.74) is 0. The third-order valence-corrected chi connectivity index (χ3v) is 10.8. The smallest absolute Gasteiger partial charge is 0.306 e. The number of ether oxygens (including phenoxy) is 3. The molecule has 0 heterocycles. The van der Waals surface area contributed by atoms with Crippen molar-refractivity contribution in [3.63, 3.8) is 0 Å². The highest BCUT2D eigenvalue weighted by molar-refractivity contribution is 5.71. The van der Waals surface area contributed by atoms with E-state index >= 15 is 0 Å². The highest BCUT2D eigenvalue weighted by atomic mass is 16.6. The number of esters is 3. The van der Waals surface area contributed by atoms with E-state index in [0.717, 1.165) is 96.3 Å². The van der Waals surface area contributed by atoms with E-state index in [9.17, 15) is 14.4 Å². The molecule has 0 aromatic heterocycles. The molecule has 0 aliphatic heterocycles. The van der Waals surface area contributed by atoms with Gasteiger partial charge in [-0.05, 0) is 70.6 Å². The first-order valence-corrected chi connectivity index (χ1v) is 25.5. The summed E-state index contributed by atoms with van der Waals surface area (Å²) in [6.07, 6.45) is 61.6. The summed E-state index contributed by atoms with van der Waals surface area (Å²) in [4.78, 5) is 37.9. The van der Waals surface area contributed by atoms with E-state index < -0.39 is 6.10 Å². The minimum atomic E-state index is -0.788. The fourth-order valence-electron chi connectivity index (χ4n) is 6.91. The second kappa shape index (κ2) is 49.5. The van der Waals surface area contributed by atoms with Gasteiger partial charge in [-0.3, -0.25) is 14.4 Å². The summed E-state index contributed by atoms with van der Waals surface area (Å²) in [6.45, 7) is 6.53. The Bertz CT molecular complexity index is 1160. The molecule has 0 rings (SSSR count). The van der Waals surface area contributed by atoms with E-state index in [4.69, 9.17) is 14.2 Å². The molecule has 1 atom stereocenters. The maximum atomic E-state index is 12.8. The first kappa shape index (κ1) is 57.9. The minimum Gasteiger partial charge on any atom is -0.462 e.